The zero-order valence-corrected chi connectivity index (χ0v) is 15.8. The third kappa shape index (κ3) is 3.49. The third-order valence-electron chi connectivity index (χ3n) is 3.70. The van der Waals surface area contributed by atoms with Gasteiger partial charge in [0.15, 0.2) is 0 Å². The van der Waals surface area contributed by atoms with Gasteiger partial charge in [-0.15, -0.1) is 11.3 Å². The van der Waals surface area contributed by atoms with E-state index in [0.29, 0.717) is 21.8 Å². The molecule has 0 atom stereocenters. The van der Waals surface area contributed by atoms with Crippen molar-refractivity contribution in [2.45, 2.75) is 11.1 Å². The molecule has 130 valence electrons. The molecule has 0 unspecified atom stereocenters. The van der Waals surface area contributed by atoms with Crippen LogP contribution in [0.15, 0.2) is 46.7 Å². The molecule has 1 amide bonds. The number of amides is 1. The number of hydrogen-bond donors (Lipinski definition) is 2. The first-order chi connectivity index (χ1) is 11.8. The molecule has 5 nitrogen and oxygen atoms in total. The third-order valence-corrected chi connectivity index (χ3v) is 7.21. The zero-order chi connectivity index (χ0) is 18.2. The summed E-state index contributed by atoms with van der Waals surface area (Å²) in [6.45, 7) is 1.75. The lowest BCUT2D eigenvalue weighted by molar-refractivity contribution is 0.0963. The van der Waals surface area contributed by atoms with Crippen molar-refractivity contribution in [3.8, 4) is 0 Å². The van der Waals surface area contributed by atoms with E-state index in [1.807, 2.05) is 0 Å². The van der Waals surface area contributed by atoms with Gasteiger partial charge in [0.25, 0.3) is 15.9 Å². The van der Waals surface area contributed by atoms with E-state index in [1.54, 1.807) is 43.3 Å². The van der Waals surface area contributed by atoms with E-state index in [9.17, 15) is 13.2 Å². The summed E-state index contributed by atoms with van der Waals surface area (Å²) in [6, 6.07) is 11.6. The number of nitrogens with one attached hydrogen (secondary N) is 2. The Hall–Kier alpha value is -2.09. The van der Waals surface area contributed by atoms with Crippen LogP contribution >= 0.6 is 22.9 Å². The van der Waals surface area contributed by atoms with Gasteiger partial charge in [0, 0.05) is 28.0 Å². The molecule has 2 N–H and O–H groups in total. The summed E-state index contributed by atoms with van der Waals surface area (Å²) in [5, 5.41) is 3.88. The molecule has 8 heteroatoms. The Kier molecular flexibility index (Phi) is 4.73. The smallest absolute Gasteiger partial charge is 0.271 e. The van der Waals surface area contributed by atoms with Gasteiger partial charge in [0.1, 0.15) is 4.21 Å². The second-order valence-corrected chi connectivity index (χ2v) is 8.79. The fraction of sp³-hybridized carbons (Fsp3) is 0.118. The number of carbonyl (C=O) groups is 1. The molecule has 0 bridgehead atoms. The minimum absolute atomic E-state index is 0.232. The van der Waals surface area contributed by atoms with Gasteiger partial charge >= 0.3 is 0 Å². The fourth-order valence-electron chi connectivity index (χ4n) is 2.50. The summed E-state index contributed by atoms with van der Waals surface area (Å²) in [5.41, 5.74) is 1.36. The number of rotatable bonds is 4. The largest absolute Gasteiger partial charge is 0.355 e. The Morgan fingerprint density at radius 3 is 2.64 bits per heavy atom. The van der Waals surface area contributed by atoms with Crippen LogP contribution in [0.4, 0.5) is 5.69 Å². The predicted molar refractivity (Wildman–Crippen MR) is 102 cm³/mol. The van der Waals surface area contributed by atoms with Crippen molar-refractivity contribution in [1.82, 2.24) is 5.32 Å². The maximum Gasteiger partial charge on any atom is 0.271 e. The molecule has 25 heavy (non-hydrogen) atoms. The van der Waals surface area contributed by atoms with Crippen LogP contribution in [0.25, 0.3) is 10.1 Å². The average molecular weight is 395 g/mol. The summed E-state index contributed by atoms with van der Waals surface area (Å²) in [5.74, 6) is -0.284. The van der Waals surface area contributed by atoms with E-state index in [-0.39, 0.29) is 10.1 Å². The Morgan fingerprint density at radius 1 is 1.16 bits per heavy atom. The van der Waals surface area contributed by atoms with Crippen molar-refractivity contribution in [1.29, 1.82) is 0 Å². The lowest BCUT2D eigenvalue weighted by atomic mass is 10.2. The van der Waals surface area contributed by atoms with E-state index >= 15 is 0 Å². The number of halogens is 1. The monoisotopic (exact) mass is 394 g/mol. The van der Waals surface area contributed by atoms with Crippen LogP contribution in [-0.4, -0.2) is 21.4 Å². The SMILES string of the molecule is CNC(=O)c1cccc(NS(=O)(=O)c2sc3ccc(Cl)cc3c2C)c1. The number of anilines is 1. The first-order valence-corrected chi connectivity index (χ1v) is 10.0. The first-order valence-electron chi connectivity index (χ1n) is 7.35. The number of thiophene rings is 1. The highest BCUT2D eigenvalue weighted by Gasteiger charge is 2.22. The Balaban J connectivity index is 2.00. The van der Waals surface area contributed by atoms with Gasteiger partial charge in [-0.2, -0.15) is 0 Å². The molecular formula is C17H15ClN2O3S2. The Labute approximate surface area is 154 Å². The zero-order valence-electron chi connectivity index (χ0n) is 13.5. The topological polar surface area (TPSA) is 75.3 Å². The van der Waals surface area contributed by atoms with Crippen LogP contribution in [0.3, 0.4) is 0 Å². The summed E-state index contributed by atoms with van der Waals surface area (Å²) in [6.07, 6.45) is 0. The standard InChI is InChI=1S/C17H15ClN2O3S2/c1-10-14-9-12(18)6-7-15(14)24-17(10)25(22,23)20-13-5-3-4-11(8-13)16(21)19-2/h3-9,20H,1-2H3,(H,19,21). The average Bonchev–Trinajstić information content (AvgIpc) is 2.91. The fourth-order valence-corrected chi connectivity index (χ4v) is 5.47. The number of aryl methyl sites for hydroxylation is 1. The maximum absolute atomic E-state index is 12.8. The van der Waals surface area contributed by atoms with Crippen LogP contribution in [0, 0.1) is 6.92 Å². The Bertz CT molecular complexity index is 1070. The maximum atomic E-state index is 12.8. The summed E-state index contributed by atoms with van der Waals surface area (Å²) < 4.78 is 29.2. The minimum atomic E-state index is -3.77. The minimum Gasteiger partial charge on any atom is -0.355 e. The van der Waals surface area contributed by atoms with Gasteiger partial charge in [-0.05, 0) is 54.3 Å². The van der Waals surface area contributed by atoms with Crippen LogP contribution in [0.5, 0.6) is 0 Å². The van der Waals surface area contributed by atoms with Crippen molar-refractivity contribution in [3.63, 3.8) is 0 Å². The number of sulfonamides is 1. The first kappa shape index (κ1) is 17.7. The molecule has 3 aromatic rings. The van der Waals surface area contributed by atoms with Crippen LogP contribution in [-0.2, 0) is 10.0 Å². The molecule has 3 rings (SSSR count). The molecule has 0 fully saturated rings. The van der Waals surface area contributed by atoms with E-state index in [2.05, 4.69) is 10.0 Å². The molecule has 0 aliphatic rings. The molecule has 0 saturated heterocycles. The normalized spacial score (nSPS) is 11.5. The van der Waals surface area contributed by atoms with Crippen LogP contribution < -0.4 is 10.0 Å². The van der Waals surface area contributed by atoms with Gasteiger partial charge in [-0.25, -0.2) is 8.42 Å². The lowest BCUT2D eigenvalue weighted by Crippen LogP contribution is -2.18. The highest BCUT2D eigenvalue weighted by molar-refractivity contribution is 7.94. The number of fused-ring (bicyclic) bond motifs is 1. The lowest BCUT2D eigenvalue weighted by Gasteiger charge is -2.08. The highest BCUT2D eigenvalue weighted by Crippen LogP contribution is 2.36. The van der Waals surface area contributed by atoms with E-state index in [4.69, 9.17) is 11.6 Å². The van der Waals surface area contributed by atoms with Crippen LogP contribution in [0.1, 0.15) is 15.9 Å². The molecule has 1 heterocycles. The summed E-state index contributed by atoms with van der Waals surface area (Å²) in [4.78, 5) is 11.7. The molecule has 0 aliphatic heterocycles. The van der Waals surface area contributed by atoms with Crippen LogP contribution in [0.2, 0.25) is 5.02 Å². The highest BCUT2D eigenvalue weighted by atomic mass is 35.5. The van der Waals surface area contributed by atoms with E-state index < -0.39 is 10.0 Å². The quantitative estimate of drug-likeness (QED) is 0.701. The van der Waals surface area contributed by atoms with E-state index in [0.717, 1.165) is 10.1 Å². The molecular weight excluding hydrogens is 380 g/mol. The number of benzene rings is 2. The summed E-state index contributed by atoms with van der Waals surface area (Å²) >= 11 is 7.19. The van der Waals surface area contributed by atoms with Crippen molar-refractivity contribution >= 4 is 54.6 Å². The van der Waals surface area contributed by atoms with Gasteiger partial charge in [0.05, 0.1) is 0 Å². The second-order valence-electron chi connectivity index (χ2n) is 5.42. The van der Waals surface area contributed by atoms with Crippen molar-refractivity contribution < 1.29 is 13.2 Å². The van der Waals surface area contributed by atoms with Crippen molar-refractivity contribution in [3.05, 3.63) is 58.6 Å². The van der Waals surface area contributed by atoms with E-state index in [1.165, 1.54) is 24.5 Å². The van der Waals surface area contributed by atoms with Gasteiger partial charge < -0.3 is 5.32 Å². The molecule has 1 aromatic heterocycles. The Morgan fingerprint density at radius 2 is 1.92 bits per heavy atom. The summed E-state index contributed by atoms with van der Waals surface area (Å²) in [7, 11) is -2.26. The second kappa shape index (κ2) is 6.67. The number of carbonyl (C=O) groups excluding carboxylic acids is 1. The molecule has 0 spiro atoms. The predicted octanol–water partition coefficient (Wildman–Crippen LogP) is 4.02. The van der Waals surface area contributed by atoms with Crippen molar-refractivity contribution in [2.24, 2.45) is 0 Å². The molecule has 0 aliphatic carbocycles. The molecule has 0 saturated carbocycles. The van der Waals surface area contributed by atoms with Gasteiger partial charge in [0.2, 0.25) is 0 Å². The van der Waals surface area contributed by atoms with Gasteiger partial charge in [-0.1, -0.05) is 17.7 Å². The van der Waals surface area contributed by atoms with Gasteiger partial charge in [-0.3, -0.25) is 9.52 Å². The molecule has 0 radical (unpaired) electrons. The number of hydrogen-bond acceptors (Lipinski definition) is 4. The molecule has 2 aromatic carbocycles. The van der Waals surface area contributed by atoms with Crippen molar-refractivity contribution in [2.75, 3.05) is 11.8 Å².